The zero-order valence-electron chi connectivity index (χ0n) is 19.8. The highest BCUT2D eigenvalue weighted by Crippen LogP contribution is 2.38. The van der Waals surface area contributed by atoms with Crippen molar-refractivity contribution < 1.29 is 9.53 Å². The lowest BCUT2D eigenvalue weighted by Gasteiger charge is -2.27. The second-order valence-electron chi connectivity index (χ2n) is 8.55. The Hall–Kier alpha value is -3.48. The van der Waals surface area contributed by atoms with E-state index in [1.165, 1.54) is 0 Å². The van der Waals surface area contributed by atoms with Gasteiger partial charge in [0.1, 0.15) is 5.75 Å². The third-order valence-corrected chi connectivity index (χ3v) is 5.99. The first-order chi connectivity index (χ1) is 16.0. The summed E-state index contributed by atoms with van der Waals surface area (Å²) in [5.41, 5.74) is 4.96. The molecule has 0 N–H and O–H groups in total. The first-order valence-electron chi connectivity index (χ1n) is 11.4. The lowest BCUT2D eigenvalue weighted by atomic mass is 9.97. The van der Waals surface area contributed by atoms with Crippen molar-refractivity contribution >= 4 is 11.9 Å². The molecule has 172 valence electrons. The molecule has 1 atom stereocenters. The van der Waals surface area contributed by atoms with Crippen LogP contribution in [0.25, 0.3) is 11.1 Å². The van der Waals surface area contributed by atoms with E-state index in [0.717, 1.165) is 53.1 Å². The molecule has 3 aromatic rings. The van der Waals surface area contributed by atoms with Gasteiger partial charge in [0.05, 0.1) is 24.8 Å². The Bertz CT molecular complexity index is 1110. The molecular formula is C26H31N5O2. The average molecular weight is 446 g/mol. The van der Waals surface area contributed by atoms with Crippen LogP contribution in [0.3, 0.4) is 0 Å². The first-order valence-corrected chi connectivity index (χ1v) is 11.4. The molecule has 1 amide bonds. The van der Waals surface area contributed by atoms with Crippen LogP contribution in [-0.2, 0) is 11.2 Å². The fourth-order valence-corrected chi connectivity index (χ4v) is 4.33. The Morgan fingerprint density at radius 3 is 2.64 bits per heavy atom. The molecule has 3 heterocycles. The van der Waals surface area contributed by atoms with Crippen molar-refractivity contribution in [3.05, 3.63) is 65.7 Å². The van der Waals surface area contributed by atoms with Gasteiger partial charge in [0.2, 0.25) is 11.9 Å². The monoisotopic (exact) mass is 445 g/mol. The highest BCUT2D eigenvalue weighted by molar-refractivity contribution is 5.80. The number of amides is 1. The second kappa shape index (κ2) is 9.98. The Labute approximate surface area is 195 Å². The summed E-state index contributed by atoms with van der Waals surface area (Å²) in [5, 5.41) is 0. The topological polar surface area (TPSA) is 71.5 Å². The lowest BCUT2D eigenvalue weighted by Crippen LogP contribution is -2.33. The fourth-order valence-electron chi connectivity index (χ4n) is 4.33. The molecule has 0 saturated carbocycles. The maximum atomic E-state index is 13.4. The Balaban J connectivity index is 1.65. The van der Waals surface area contributed by atoms with Gasteiger partial charge in [-0.1, -0.05) is 12.1 Å². The zero-order chi connectivity index (χ0) is 23.4. The van der Waals surface area contributed by atoms with Crippen LogP contribution in [0.15, 0.2) is 48.9 Å². The molecule has 1 aromatic carbocycles. The molecule has 7 nitrogen and oxygen atoms in total. The summed E-state index contributed by atoms with van der Waals surface area (Å²) in [6, 6.07) is 9.69. The largest absolute Gasteiger partial charge is 0.494 e. The molecule has 33 heavy (non-hydrogen) atoms. The SMILES string of the molecule is CCOc1ccc(CC(=O)N2CCCC2c2nc(N(C)C)ncc2-c2ccncc2C)cc1. The van der Waals surface area contributed by atoms with Gasteiger partial charge in [0.15, 0.2) is 0 Å². The fraction of sp³-hybridized carbons (Fsp3) is 0.385. The predicted molar refractivity (Wildman–Crippen MR) is 129 cm³/mol. The van der Waals surface area contributed by atoms with E-state index >= 15 is 0 Å². The van der Waals surface area contributed by atoms with Crippen molar-refractivity contribution in [3.63, 3.8) is 0 Å². The van der Waals surface area contributed by atoms with Crippen LogP contribution >= 0.6 is 0 Å². The van der Waals surface area contributed by atoms with E-state index in [0.29, 0.717) is 19.0 Å². The maximum Gasteiger partial charge on any atom is 0.227 e. The molecule has 1 aliphatic heterocycles. The summed E-state index contributed by atoms with van der Waals surface area (Å²) in [6.07, 6.45) is 7.72. The van der Waals surface area contributed by atoms with Gasteiger partial charge in [-0.05, 0) is 61.6 Å². The van der Waals surface area contributed by atoms with Gasteiger partial charge in [0, 0.05) is 44.8 Å². The summed E-state index contributed by atoms with van der Waals surface area (Å²) >= 11 is 0. The summed E-state index contributed by atoms with van der Waals surface area (Å²) in [7, 11) is 3.86. The van der Waals surface area contributed by atoms with Crippen molar-refractivity contribution in [3.8, 4) is 16.9 Å². The van der Waals surface area contributed by atoms with Gasteiger partial charge < -0.3 is 14.5 Å². The van der Waals surface area contributed by atoms with E-state index in [2.05, 4.69) is 9.97 Å². The number of hydrogen-bond donors (Lipinski definition) is 0. The van der Waals surface area contributed by atoms with E-state index < -0.39 is 0 Å². The second-order valence-corrected chi connectivity index (χ2v) is 8.55. The smallest absolute Gasteiger partial charge is 0.227 e. The number of aryl methyl sites for hydroxylation is 1. The van der Waals surface area contributed by atoms with E-state index in [-0.39, 0.29) is 11.9 Å². The summed E-state index contributed by atoms with van der Waals surface area (Å²) in [5.74, 6) is 1.58. The molecule has 0 spiro atoms. The highest BCUT2D eigenvalue weighted by Gasteiger charge is 2.33. The quantitative estimate of drug-likeness (QED) is 0.542. The number of pyridine rings is 1. The van der Waals surface area contributed by atoms with Gasteiger partial charge >= 0.3 is 0 Å². The summed E-state index contributed by atoms with van der Waals surface area (Å²) < 4.78 is 5.52. The average Bonchev–Trinajstić information content (AvgIpc) is 3.30. The van der Waals surface area contributed by atoms with Crippen LogP contribution in [0.2, 0.25) is 0 Å². The van der Waals surface area contributed by atoms with Gasteiger partial charge in [0.25, 0.3) is 0 Å². The van der Waals surface area contributed by atoms with Gasteiger partial charge in [-0.25, -0.2) is 9.97 Å². The summed E-state index contributed by atoms with van der Waals surface area (Å²) in [6.45, 7) is 5.36. The molecule has 1 saturated heterocycles. The maximum absolute atomic E-state index is 13.4. The van der Waals surface area contributed by atoms with Gasteiger partial charge in [-0.15, -0.1) is 0 Å². The van der Waals surface area contributed by atoms with Crippen molar-refractivity contribution in [1.82, 2.24) is 19.9 Å². The van der Waals surface area contributed by atoms with Gasteiger partial charge in [-0.2, -0.15) is 0 Å². The number of hydrogen-bond acceptors (Lipinski definition) is 6. The van der Waals surface area contributed by atoms with Gasteiger partial charge in [-0.3, -0.25) is 9.78 Å². The van der Waals surface area contributed by atoms with Crippen LogP contribution in [0, 0.1) is 6.92 Å². The first kappa shape index (κ1) is 22.7. The number of carbonyl (C=O) groups is 1. The number of anilines is 1. The number of likely N-dealkylation sites (tertiary alicyclic amines) is 1. The van der Waals surface area contributed by atoms with Crippen molar-refractivity contribution in [2.24, 2.45) is 0 Å². The highest BCUT2D eigenvalue weighted by atomic mass is 16.5. The van der Waals surface area contributed by atoms with Crippen LogP contribution in [0.1, 0.15) is 42.6 Å². The van der Waals surface area contributed by atoms with E-state index in [9.17, 15) is 4.79 Å². The van der Waals surface area contributed by atoms with Crippen molar-refractivity contribution in [2.45, 2.75) is 39.2 Å². The molecule has 0 radical (unpaired) electrons. The molecule has 1 fully saturated rings. The molecule has 1 aliphatic rings. The van der Waals surface area contributed by atoms with Crippen LogP contribution in [-0.4, -0.2) is 53.0 Å². The molecule has 7 heteroatoms. The molecule has 0 bridgehead atoms. The Morgan fingerprint density at radius 1 is 1.15 bits per heavy atom. The number of benzene rings is 1. The van der Waals surface area contributed by atoms with E-state index in [1.807, 2.05) is 80.5 Å². The molecular weight excluding hydrogens is 414 g/mol. The van der Waals surface area contributed by atoms with Crippen LogP contribution in [0.5, 0.6) is 5.75 Å². The van der Waals surface area contributed by atoms with Crippen LogP contribution in [0.4, 0.5) is 5.95 Å². The van der Waals surface area contributed by atoms with Crippen molar-refractivity contribution in [1.29, 1.82) is 0 Å². The molecule has 0 aliphatic carbocycles. The minimum atomic E-state index is -0.0792. The number of aromatic nitrogens is 3. The number of nitrogens with zero attached hydrogens (tertiary/aromatic N) is 5. The standard InChI is InChI=1S/C26H31N5O2/c1-5-33-20-10-8-19(9-11-20)15-24(32)31-14-6-7-23(31)25-22(17-28-26(29-25)30(3)4)21-12-13-27-16-18(21)2/h8-13,16-17,23H,5-7,14-15H2,1-4H3. The number of ether oxygens (including phenoxy) is 1. The lowest BCUT2D eigenvalue weighted by molar-refractivity contribution is -0.131. The molecule has 4 rings (SSSR count). The Kier molecular flexibility index (Phi) is 6.87. The number of carbonyl (C=O) groups excluding carboxylic acids is 1. The zero-order valence-corrected chi connectivity index (χ0v) is 19.8. The molecule has 2 aromatic heterocycles. The van der Waals surface area contributed by atoms with E-state index in [1.54, 1.807) is 6.20 Å². The van der Waals surface area contributed by atoms with Crippen molar-refractivity contribution in [2.75, 3.05) is 32.1 Å². The Morgan fingerprint density at radius 2 is 1.94 bits per heavy atom. The predicted octanol–water partition coefficient (Wildman–Crippen LogP) is 4.22. The molecule has 1 unspecified atom stereocenters. The van der Waals surface area contributed by atoms with Crippen LogP contribution < -0.4 is 9.64 Å². The van der Waals surface area contributed by atoms with E-state index in [4.69, 9.17) is 9.72 Å². The normalized spacial score (nSPS) is 15.5. The summed E-state index contributed by atoms with van der Waals surface area (Å²) in [4.78, 5) is 31.0. The number of rotatable bonds is 7. The minimum absolute atomic E-state index is 0.0792. The third kappa shape index (κ3) is 4.97. The third-order valence-electron chi connectivity index (χ3n) is 5.99. The minimum Gasteiger partial charge on any atom is -0.494 e.